The van der Waals surface area contributed by atoms with Crippen LogP contribution in [0.3, 0.4) is 0 Å². The van der Waals surface area contributed by atoms with Crippen molar-refractivity contribution in [3.05, 3.63) is 0 Å². The van der Waals surface area contributed by atoms with E-state index in [1.54, 1.807) is 14.2 Å². The lowest BCUT2D eigenvalue weighted by molar-refractivity contribution is 0.0410. The molecule has 0 fully saturated rings. The Morgan fingerprint density at radius 1 is 0.588 bits per heavy atom. The van der Waals surface area contributed by atoms with Gasteiger partial charge in [-0.15, -0.1) is 0 Å². The summed E-state index contributed by atoms with van der Waals surface area (Å²) in [5, 5.41) is 0. The molecule has 0 saturated carbocycles. The molecule has 17 heavy (non-hydrogen) atoms. The average Bonchev–Trinajstić information content (AvgIpc) is 2.35. The monoisotopic (exact) mass is 268 g/mol. The Bertz CT molecular complexity index is 124. The maximum Gasteiger partial charge on any atom is 0.304 e. The fourth-order valence-corrected chi connectivity index (χ4v) is 1.49. The van der Waals surface area contributed by atoms with Gasteiger partial charge in [0.05, 0.1) is 52.9 Å². The van der Waals surface area contributed by atoms with Gasteiger partial charge in [-0.2, -0.15) is 0 Å². The normalized spacial score (nSPS) is 10.9. The highest BCUT2D eigenvalue weighted by Gasteiger charge is 1.92. The van der Waals surface area contributed by atoms with Crippen LogP contribution in [0.2, 0.25) is 0 Å². The largest absolute Gasteiger partial charge is 0.396 e. The first-order valence-corrected chi connectivity index (χ1v) is 6.86. The smallest absolute Gasteiger partial charge is 0.304 e. The maximum atomic E-state index is 5.31. The standard InChI is InChI=1S/C10H24O6Si/c1-11-3-5-13-7-9-15-17-16-10-8-14-6-4-12-2/h3-10,17H2,1-2H3. The molecule has 0 radical (unpaired) electrons. The second-order valence-corrected chi connectivity index (χ2v) is 4.20. The van der Waals surface area contributed by atoms with Gasteiger partial charge in [0.15, 0.2) is 0 Å². The molecule has 0 atom stereocenters. The number of rotatable bonds is 14. The molecule has 0 amide bonds. The van der Waals surface area contributed by atoms with Crippen molar-refractivity contribution in [1.82, 2.24) is 0 Å². The van der Waals surface area contributed by atoms with E-state index in [1.807, 2.05) is 0 Å². The van der Waals surface area contributed by atoms with E-state index in [4.69, 9.17) is 27.8 Å². The summed E-state index contributed by atoms with van der Waals surface area (Å²) in [6.45, 7) is 4.79. The third-order valence-corrected chi connectivity index (χ3v) is 2.68. The molecular formula is C10H24O6Si. The van der Waals surface area contributed by atoms with Gasteiger partial charge < -0.3 is 27.8 Å². The minimum atomic E-state index is -0.890. The van der Waals surface area contributed by atoms with Gasteiger partial charge in [0.2, 0.25) is 0 Å². The van der Waals surface area contributed by atoms with Crippen LogP contribution in [0, 0.1) is 0 Å². The zero-order chi connectivity index (χ0) is 12.6. The summed E-state index contributed by atoms with van der Waals surface area (Å²) in [5.41, 5.74) is 0. The molecule has 0 saturated heterocycles. The molecule has 0 aliphatic heterocycles. The molecule has 0 aromatic heterocycles. The summed E-state index contributed by atoms with van der Waals surface area (Å²) < 4.78 is 30.7. The van der Waals surface area contributed by atoms with Crippen molar-refractivity contribution in [2.24, 2.45) is 0 Å². The SMILES string of the molecule is COCCOCCO[SiH2]OCCOCCOC. The van der Waals surface area contributed by atoms with E-state index in [2.05, 4.69) is 0 Å². The Morgan fingerprint density at radius 2 is 1.00 bits per heavy atom. The molecule has 0 heterocycles. The van der Waals surface area contributed by atoms with E-state index < -0.39 is 10.0 Å². The fraction of sp³-hybridized carbons (Fsp3) is 1.00. The van der Waals surface area contributed by atoms with Gasteiger partial charge >= 0.3 is 10.0 Å². The van der Waals surface area contributed by atoms with Crippen LogP contribution in [-0.2, 0) is 27.8 Å². The molecule has 0 aromatic rings. The summed E-state index contributed by atoms with van der Waals surface area (Å²) in [7, 11) is 2.41. The number of hydrogen-bond acceptors (Lipinski definition) is 6. The van der Waals surface area contributed by atoms with Gasteiger partial charge in [0.1, 0.15) is 0 Å². The first kappa shape index (κ1) is 17.0. The lowest BCUT2D eigenvalue weighted by atomic mass is 10.7. The first-order valence-electron chi connectivity index (χ1n) is 5.70. The molecule has 7 heteroatoms. The van der Waals surface area contributed by atoms with E-state index in [1.165, 1.54) is 0 Å². The average molecular weight is 268 g/mol. The van der Waals surface area contributed by atoms with Crippen LogP contribution in [0.4, 0.5) is 0 Å². The minimum Gasteiger partial charge on any atom is -0.396 e. The quantitative estimate of drug-likeness (QED) is 0.308. The fourth-order valence-electron chi connectivity index (χ4n) is 0.901. The van der Waals surface area contributed by atoms with Gasteiger partial charge in [-0.05, 0) is 0 Å². The van der Waals surface area contributed by atoms with Crippen LogP contribution in [0.1, 0.15) is 0 Å². The summed E-state index contributed by atoms with van der Waals surface area (Å²) in [4.78, 5) is 0. The van der Waals surface area contributed by atoms with E-state index in [0.717, 1.165) is 0 Å². The summed E-state index contributed by atoms with van der Waals surface area (Å²) in [6.07, 6.45) is 0. The van der Waals surface area contributed by atoms with Crippen molar-refractivity contribution in [3.63, 3.8) is 0 Å². The van der Waals surface area contributed by atoms with Crippen molar-refractivity contribution < 1.29 is 27.8 Å². The topological polar surface area (TPSA) is 55.4 Å². The van der Waals surface area contributed by atoms with Crippen LogP contribution in [-0.4, -0.2) is 77.1 Å². The molecule has 0 aliphatic rings. The zero-order valence-electron chi connectivity index (χ0n) is 10.8. The minimum absolute atomic E-state index is 0.584. The third-order valence-electron chi connectivity index (χ3n) is 1.77. The van der Waals surface area contributed by atoms with Crippen molar-refractivity contribution in [2.75, 3.05) is 67.1 Å². The maximum absolute atomic E-state index is 5.31. The number of methoxy groups -OCH3 is 2. The van der Waals surface area contributed by atoms with Crippen LogP contribution in [0.5, 0.6) is 0 Å². The van der Waals surface area contributed by atoms with Gasteiger partial charge in [-0.1, -0.05) is 0 Å². The number of ether oxygens (including phenoxy) is 4. The van der Waals surface area contributed by atoms with Crippen molar-refractivity contribution in [2.45, 2.75) is 0 Å². The Hall–Kier alpha value is -0.0231. The summed E-state index contributed by atoms with van der Waals surface area (Å²) in [5.74, 6) is 0. The van der Waals surface area contributed by atoms with Crippen molar-refractivity contribution >= 4 is 10.0 Å². The van der Waals surface area contributed by atoms with Crippen LogP contribution in [0.25, 0.3) is 0 Å². The van der Waals surface area contributed by atoms with Crippen molar-refractivity contribution in [3.8, 4) is 0 Å². The Balaban J connectivity index is 2.85. The first-order chi connectivity index (χ1) is 8.41. The van der Waals surface area contributed by atoms with E-state index in [-0.39, 0.29) is 0 Å². The molecule has 0 N–H and O–H groups in total. The molecule has 0 aliphatic carbocycles. The molecule has 0 bridgehead atoms. The number of hydrogen-bond donors (Lipinski definition) is 0. The van der Waals surface area contributed by atoms with Gasteiger partial charge in [-0.3, -0.25) is 0 Å². The highest BCUT2D eigenvalue weighted by molar-refractivity contribution is 6.17. The molecule has 0 rings (SSSR count). The predicted octanol–water partition coefficient (Wildman–Crippen LogP) is -0.656. The van der Waals surface area contributed by atoms with Gasteiger partial charge in [0, 0.05) is 14.2 Å². The van der Waals surface area contributed by atoms with E-state index >= 15 is 0 Å². The van der Waals surface area contributed by atoms with Crippen LogP contribution >= 0.6 is 0 Å². The highest BCUT2D eigenvalue weighted by Crippen LogP contribution is 1.81. The molecule has 0 spiro atoms. The Kier molecular flexibility index (Phi) is 16.0. The molecule has 104 valence electrons. The van der Waals surface area contributed by atoms with Crippen LogP contribution in [0.15, 0.2) is 0 Å². The summed E-state index contributed by atoms with van der Waals surface area (Å²) in [6, 6.07) is 0. The second kappa shape index (κ2) is 16.0. The Labute approximate surface area is 106 Å². The van der Waals surface area contributed by atoms with E-state index in [9.17, 15) is 0 Å². The zero-order valence-corrected chi connectivity index (χ0v) is 12.2. The molecule has 0 aromatic carbocycles. The third kappa shape index (κ3) is 16.0. The second-order valence-electron chi connectivity index (χ2n) is 3.14. The van der Waals surface area contributed by atoms with Gasteiger partial charge in [-0.25, -0.2) is 0 Å². The summed E-state index contributed by atoms with van der Waals surface area (Å²) >= 11 is 0. The molecule has 0 unspecified atom stereocenters. The molecule has 6 nitrogen and oxygen atoms in total. The molecular weight excluding hydrogens is 244 g/mol. The van der Waals surface area contributed by atoms with Crippen molar-refractivity contribution in [1.29, 1.82) is 0 Å². The van der Waals surface area contributed by atoms with E-state index in [0.29, 0.717) is 52.9 Å². The lowest BCUT2D eigenvalue weighted by Crippen LogP contribution is -2.15. The van der Waals surface area contributed by atoms with Gasteiger partial charge in [0.25, 0.3) is 0 Å². The predicted molar refractivity (Wildman–Crippen MR) is 65.8 cm³/mol. The highest BCUT2D eigenvalue weighted by atomic mass is 28.3. The van der Waals surface area contributed by atoms with Crippen LogP contribution < -0.4 is 0 Å². The Morgan fingerprint density at radius 3 is 1.41 bits per heavy atom. The lowest BCUT2D eigenvalue weighted by Gasteiger charge is -2.07.